The standard InChI is InChI=1S/CH2O3.H4O4Si.H2O/c2-1(3)4;1-5(2,3)4;/h(H2,2,3,4);1-4H;1H2. The molecule has 0 rings (SSSR count). The lowest BCUT2D eigenvalue weighted by molar-refractivity contribution is 0.117. The second kappa shape index (κ2) is 6.41. The molecule has 0 spiro atoms. The molecule has 0 atom stereocenters. The van der Waals surface area contributed by atoms with E-state index in [1.807, 2.05) is 0 Å². The molecule has 10 heavy (non-hydrogen) atoms. The molecule has 0 aromatic carbocycles. The highest BCUT2D eigenvalue weighted by Crippen LogP contribution is 1.67. The van der Waals surface area contributed by atoms with Crippen LogP contribution in [0.3, 0.4) is 0 Å². The van der Waals surface area contributed by atoms with Crippen LogP contribution >= 0.6 is 0 Å². The normalized spacial score (nSPS) is 8.40. The van der Waals surface area contributed by atoms with Crippen molar-refractivity contribution >= 4 is 15.2 Å². The van der Waals surface area contributed by atoms with E-state index in [0.717, 1.165) is 0 Å². The average Bonchev–Trinajstić information content (AvgIpc) is 1.19. The van der Waals surface area contributed by atoms with Gasteiger partial charge in [-0.3, -0.25) is 0 Å². The first-order valence-corrected chi connectivity index (χ1v) is 3.33. The molecule has 0 radical (unpaired) electrons. The van der Waals surface area contributed by atoms with Crippen molar-refractivity contribution in [1.82, 2.24) is 0 Å². The van der Waals surface area contributed by atoms with Crippen LogP contribution in [0.4, 0.5) is 4.79 Å². The van der Waals surface area contributed by atoms with Crippen molar-refractivity contribution in [2.75, 3.05) is 0 Å². The summed E-state index contributed by atoms with van der Waals surface area (Å²) in [4.78, 5) is 37.9. The van der Waals surface area contributed by atoms with Gasteiger partial charge in [-0.1, -0.05) is 0 Å². The van der Waals surface area contributed by atoms with Crippen LogP contribution in [0.5, 0.6) is 0 Å². The molecule has 8 N–H and O–H groups in total. The Kier molecular flexibility index (Phi) is 10.3. The van der Waals surface area contributed by atoms with Gasteiger partial charge in [-0.2, -0.15) is 0 Å². The number of carbonyl (C=O) groups is 1. The Morgan fingerprint density at radius 1 is 1.00 bits per heavy atom. The molecule has 0 amide bonds. The SMILES string of the molecule is O.O=C(O)O.O[Si](O)(O)O. The molecule has 0 aliphatic carbocycles. The highest BCUT2D eigenvalue weighted by atomic mass is 28.4. The number of carboxylic acid groups (broad SMARTS) is 2. The van der Waals surface area contributed by atoms with Gasteiger partial charge < -0.3 is 34.9 Å². The summed E-state index contributed by atoms with van der Waals surface area (Å²) >= 11 is 0. The van der Waals surface area contributed by atoms with Crippen molar-refractivity contribution in [3.05, 3.63) is 0 Å². The molecule has 9 heteroatoms. The number of hydrogen-bond acceptors (Lipinski definition) is 5. The predicted octanol–water partition coefficient (Wildman–Crippen LogP) is -3.21. The summed E-state index contributed by atoms with van der Waals surface area (Å²) in [6, 6.07) is 0. The molecule has 0 heterocycles. The summed E-state index contributed by atoms with van der Waals surface area (Å²) in [5, 5.41) is 13.9. The van der Waals surface area contributed by atoms with Crippen molar-refractivity contribution < 1.29 is 39.7 Å². The largest absolute Gasteiger partial charge is 0.668 e. The summed E-state index contributed by atoms with van der Waals surface area (Å²) in [6.07, 6.45) is -1.83. The van der Waals surface area contributed by atoms with Crippen LogP contribution in [-0.2, 0) is 0 Å². The average molecular weight is 176 g/mol. The van der Waals surface area contributed by atoms with Gasteiger partial charge in [0.25, 0.3) is 0 Å². The van der Waals surface area contributed by atoms with E-state index in [4.69, 9.17) is 34.2 Å². The van der Waals surface area contributed by atoms with Crippen LogP contribution in [0.25, 0.3) is 0 Å². The Hall–Kier alpha value is -0.713. The Morgan fingerprint density at radius 2 is 1.00 bits per heavy atom. The van der Waals surface area contributed by atoms with Crippen molar-refractivity contribution in [3.63, 3.8) is 0 Å². The van der Waals surface area contributed by atoms with Gasteiger partial charge in [0.05, 0.1) is 0 Å². The summed E-state index contributed by atoms with van der Waals surface area (Å²) in [7, 11) is -4.61. The smallest absolute Gasteiger partial charge is 0.450 e. The minimum atomic E-state index is -4.61. The molecule has 0 saturated heterocycles. The third-order valence-electron chi connectivity index (χ3n) is 0. The molecule has 0 unspecified atom stereocenters. The molecule has 0 aliphatic rings. The van der Waals surface area contributed by atoms with Crippen LogP contribution in [0.1, 0.15) is 0 Å². The molecule has 0 saturated carbocycles. The first kappa shape index (κ1) is 16.1. The summed E-state index contributed by atoms with van der Waals surface area (Å²) in [5.74, 6) is 0. The Labute approximate surface area is 56.0 Å². The number of hydrogen-bond donors (Lipinski definition) is 6. The fourth-order valence-corrected chi connectivity index (χ4v) is 0. The molecule has 0 aliphatic heterocycles. The second-order valence-corrected chi connectivity index (χ2v) is 2.08. The van der Waals surface area contributed by atoms with E-state index in [9.17, 15) is 0 Å². The maximum absolute atomic E-state index is 8.56. The highest BCUT2D eigenvalue weighted by Gasteiger charge is 2.22. The van der Waals surface area contributed by atoms with Gasteiger partial charge in [0.2, 0.25) is 0 Å². The van der Waals surface area contributed by atoms with Gasteiger partial charge in [-0.25, -0.2) is 4.79 Å². The van der Waals surface area contributed by atoms with Crippen molar-refractivity contribution in [2.24, 2.45) is 0 Å². The Balaban J connectivity index is -0.0000000910. The summed E-state index contributed by atoms with van der Waals surface area (Å²) in [5.41, 5.74) is 0. The van der Waals surface area contributed by atoms with Crippen molar-refractivity contribution in [2.45, 2.75) is 0 Å². The maximum atomic E-state index is 8.56. The van der Waals surface area contributed by atoms with Gasteiger partial charge in [0.15, 0.2) is 0 Å². The molecule has 0 fully saturated rings. The van der Waals surface area contributed by atoms with E-state index < -0.39 is 15.2 Å². The molecule has 0 aromatic rings. The maximum Gasteiger partial charge on any atom is 0.668 e. The fourth-order valence-electron chi connectivity index (χ4n) is 0. The van der Waals surface area contributed by atoms with Gasteiger partial charge in [0.1, 0.15) is 0 Å². The first-order valence-electron chi connectivity index (χ1n) is 1.55. The molecular weight excluding hydrogens is 168 g/mol. The van der Waals surface area contributed by atoms with E-state index in [2.05, 4.69) is 0 Å². The molecule has 0 bridgehead atoms. The van der Waals surface area contributed by atoms with E-state index in [1.165, 1.54) is 0 Å². The Bertz CT molecular complexity index is 71.7. The fraction of sp³-hybridized carbons (Fsp3) is 0. The molecule has 0 aromatic heterocycles. The zero-order valence-electron chi connectivity index (χ0n) is 4.59. The first-order chi connectivity index (χ1) is 3.73. The second-order valence-electron chi connectivity index (χ2n) is 0.883. The van der Waals surface area contributed by atoms with Crippen molar-refractivity contribution in [3.8, 4) is 0 Å². The predicted molar refractivity (Wildman–Crippen MR) is 28.9 cm³/mol. The third-order valence-corrected chi connectivity index (χ3v) is 0. The monoisotopic (exact) mass is 176 g/mol. The minimum absolute atomic E-state index is 0. The summed E-state index contributed by atoms with van der Waals surface area (Å²) in [6.45, 7) is 0. The minimum Gasteiger partial charge on any atom is -0.450 e. The van der Waals surface area contributed by atoms with E-state index >= 15 is 0 Å². The van der Waals surface area contributed by atoms with Crippen LogP contribution < -0.4 is 0 Å². The van der Waals surface area contributed by atoms with Gasteiger partial charge in [-0.05, 0) is 0 Å². The molecule has 64 valence electrons. The van der Waals surface area contributed by atoms with Gasteiger partial charge in [-0.15, -0.1) is 0 Å². The Morgan fingerprint density at radius 3 is 1.00 bits per heavy atom. The third kappa shape index (κ3) is 566. The van der Waals surface area contributed by atoms with E-state index in [-0.39, 0.29) is 5.48 Å². The van der Waals surface area contributed by atoms with Gasteiger partial charge in [0, 0.05) is 0 Å². The lowest BCUT2D eigenvalue weighted by Crippen LogP contribution is -2.33. The topological polar surface area (TPSA) is 170 Å². The highest BCUT2D eigenvalue weighted by molar-refractivity contribution is 6.46. The van der Waals surface area contributed by atoms with Crippen LogP contribution in [0.2, 0.25) is 0 Å². The van der Waals surface area contributed by atoms with Crippen LogP contribution in [0, 0.1) is 0 Å². The van der Waals surface area contributed by atoms with Gasteiger partial charge >= 0.3 is 15.2 Å². The lowest BCUT2D eigenvalue weighted by Gasteiger charge is -1.91. The van der Waals surface area contributed by atoms with Crippen LogP contribution in [0.15, 0.2) is 0 Å². The lowest BCUT2D eigenvalue weighted by atomic mass is 11.5. The zero-order valence-corrected chi connectivity index (χ0v) is 5.59. The van der Waals surface area contributed by atoms with Crippen LogP contribution in [-0.4, -0.2) is 50.1 Å². The van der Waals surface area contributed by atoms with Crippen molar-refractivity contribution in [1.29, 1.82) is 0 Å². The molecule has 8 nitrogen and oxygen atoms in total. The number of rotatable bonds is 0. The quantitative estimate of drug-likeness (QED) is 0.211. The summed E-state index contributed by atoms with van der Waals surface area (Å²) < 4.78 is 0. The molecular formula is CH8O8Si. The van der Waals surface area contributed by atoms with E-state index in [0.29, 0.717) is 0 Å². The zero-order chi connectivity index (χ0) is 8.08. The van der Waals surface area contributed by atoms with E-state index in [1.54, 1.807) is 0 Å².